The molecule has 4 aliphatic carbocycles. The number of nitrogens with zero attached hydrogens (tertiary/aromatic N) is 5. The maximum atomic E-state index is 14.0. The van der Waals surface area contributed by atoms with Crippen molar-refractivity contribution >= 4 is 29.2 Å². The van der Waals surface area contributed by atoms with Crippen LogP contribution in [0.15, 0.2) is 30.6 Å². The first-order chi connectivity index (χ1) is 17.7. The van der Waals surface area contributed by atoms with E-state index in [0.717, 1.165) is 54.7 Å². The highest BCUT2D eigenvalue weighted by molar-refractivity contribution is 6.28. The minimum atomic E-state index is -0.443. The first-order valence-electron chi connectivity index (χ1n) is 12.8. The maximum absolute atomic E-state index is 14.0. The molecule has 2 unspecified atom stereocenters. The number of nitrogens with one attached hydrogen (secondary N) is 1. The molecule has 2 aromatic heterocycles. The van der Waals surface area contributed by atoms with Gasteiger partial charge in [-0.2, -0.15) is 5.10 Å². The summed E-state index contributed by atoms with van der Waals surface area (Å²) >= 11 is 6.08. The lowest BCUT2D eigenvalue weighted by Crippen LogP contribution is -2.60. The molecule has 1 aromatic carbocycles. The number of benzene rings is 1. The van der Waals surface area contributed by atoms with Gasteiger partial charge in [-0.25, -0.2) is 14.5 Å². The van der Waals surface area contributed by atoms with Crippen LogP contribution in [0.25, 0.3) is 0 Å². The Labute approximate surface area is 220 Å². The standard InChI is InChI=1S/C27H31ClN6O3/c1-16-22(17(2)33(31-16)13-20-6-4-5-7-21(20)23(35)37-3)30-24(36)26-9-18-8-19(10-26)12-27(11-18,14-26)34-15-29-25(28)32-34/h4-7,15,18-19H,8-14H2,1-3H3,(H,30,36). The lowest BCUT2D eigenvalue weighted by atomic mass is 9.46. The summed E-state index contributed by atoms with van der Waals surface area (Å²) in [6.45, 7) is 4.26. The van der Waals surface area contributed by atoms with Gasteiger partial charge in [-0.15, -0.1) is 5.10 Å². The number of aromatic nitrogens is 5. The molecular formula is C27H31ClN6O3. The highest BCUT2D eigenvalue weighted by Crippen LogP contribution is 2.64. The molecule has 194 valence electrons. The lowest BCUT2D eigenvalue weighted by Gasteiger charge is -2.60. The van der Waals surface area contributed by atoms with Gasteiger partial charge in [0.05, 0.1) is 47.2 Å². The van der Waals surface area contributed by atoms with Crippen molar-refractivity contribution in [2.45, 2.75) is 64.5 Å². The van der Waals surface area contributed by atoms with Gasteiger partial charge in [-0.3, -0.25) is 9.48 Å². The van der Waals surface area contributed by atoms with E-state index in [1.807, 2.05) is 41.4 Å². The molecule has 3 aromatic rings. The van der Waals surface area contributed by atoms with Gasteiger partial charge < -0.3 is 10.1 Å². The number of hydrogen-bond acceptors (Lipinski definition) is 6. The van der Waals surface area contributed by atoms with Gasteiger partial charge in [0.25, 0.3) is 0 Å². The Hall–Kier alpha value is -3.20. The van der Waals surface area contributed by atoms with Crippen molar-refractivity contribution < 1.29 is 14.3 Å². The SMILES string of the molecule is COC(=O)c1ccccc1Cn1nc(C)c(NC(=O)C23CC4CC(C2)CC(n2cnc(Cl)n2)(C4)C3)c1C. The minimum absolute atomic E-state index is 0.0675. The summed E-state index contributed by atoms with van der Waals surface area (Å²) < 4.78 is 8.71. The monoisotopic (exact) mass is 522 g/mol. The van der Waals surface area contributed by atoms with E-state index < -0.39 is 5.41 Å². The van der Waals surface area contributed by atoms with Gasteiger partial charge in [-0.05, 0) is 87.4 Å². The molecule has 9 nitrogen and oxygen atoms in total. The molecular weight excluding hydrogens is 492 g/mol. The molecule has 1 N–H and O–H groups in total. The van der Waals surface area contributed by atoms with E-state index in [0.29, 0.717) is 23.9 Å². The molecule has 7 rings (SSSR count). The average Bonchev–Trinajstić information content (AvgIpc) is 3.42. The Balaban J connectivity index is 1.27. The van der Waals surface area contributed by atoms with Gasteiger partial charge >= 0.3 is 5.97 Å². The molecule has 2 atom stereocenters. The summed E-state index contributed by atoms with van der Waals surface area (Å²) in [5, 5.41) is 12.7. The fourth-order valence-corrected chi connectivity index (χ4v) is 7.75. The van der Waals surface area contributed by atoms with Gasteiger partial charge in [0, 0.05) is 0 Å². The summed E-state index contributed by atoms with van der Waals surface area (Å²) in [5.74, 6) is 0.678. The quantitative estimate of drug-likeness (QED) is 0.477. The van der Waals surface area contributed by atoms with Gasteiger partial charge in [0.15, 0.2) is 0 Å². The number of esters is 1. The van der Waals surface area contributed by atoms with Crippen LogP contribution in [-0.4, -0.2) is 43.5 Å². The van der Waals surface area contributed by atoms with Crippen LogP contribution < -0.4 is 5.32 Å². The topological polar surface area (TPSA) is 104 Å². The van der Waals surface area contributed by atoms with Crippen molar-refractivity contribution in [3.8, 4) is 0 Å². The zero-order valence-electron chi connectivity index (χ0n) is 21.3. The number of hydrogen-bond donors (Lipinski definition) is 1. The van der Waals surface area contributed by atoms with Crippen LogP contribution in [0, 0.1) is 31.1 Å². The van der Waals surface area contributed by atoms with E-state index in [1.165, 1.54) is 13.5 Å². The second kappa shape index (κ2) is 8.68. The van der Waals surface area contributed by atoms with Crippen LogP contribution in [-0.2, 0) is 21.6 Å². The molecule has 10 heteroatoms. The Morgan fingerprint density at radius 1 is 1.14 bits per heavy atom. The number of carbonyl (C=O) groups is 2. The Morgan fingerprint density at radius 3 is 2.54 bits per heavy atom. The van der Waals surface area contributed by atoms with E-state index in [-0.39, 0.29) is 22.7 Å². The molecule has 2 heterocycles. The van der Waals surface area contributed by atoms with Crippen LogP contribution >= 0.6 is 11.6 Å². The average molecular weight is 523 g/mol. The highest BCUT2D eigenvalue weighted by Gasteiger charge is 2.61. The molecule has 0 saturated heterocycles. The number of amides is 1. The lowest BCUT2D eigenvalue weighted by molar-refractivity contribution is -0.150. The second-order valence-corrected chi connectivity index (χ2v) is 11.6. The number of methoxy groups -OCH3 is 1. The predicted octanol–water partition coefficient (Wildman–Crippen LogP) is 4.51. The Morgan fingerprint density at radius 2 is 1.86 bits per heavy atom. The van der Waals surface area contributed by atoms with Gasteiger partial charge in [0.1, 0.15) is 6.33 Å². The van der Waals surface area contributed by atoms with Crippen molar-refractivity contribution in [2.75, 3.05) is 12.4 Å². The molecule has 1 amide bonds. The van der Waals surface area contributed by atoms with Crippen LogP contribution in [0.4, 0.5) is 5.69 Å². The number of ether oxygens (including phenoxy) is 1. The molecule has 4 bridgehead atoms. The summed E-state index contributed by atoms with van der Waals surface area (Å²) in [6, 6.07) is 7.35. The van der Waals surface area contributed by atoms with E-state index in [4.69, 9.17) is 21.4 Å². The third kappa shape index (κ3) is 3.95. The normalized spacial score (nSPS) is 27.9. The summed E-state index contributed by atoms with van der Waals surface area (Å²) in [5.41, 5.74) is 3.03. The number of aryl methyl sites for hydroxylation is 1. The first kappa shape index (κ1) is 24.2. The smallest absolute Gasteiger partial charge is 0.338 e. The number of rotatable bonds is 6. The highest BCUT2D eigenvalue weighted by atomic mass is 35.5. The number of carbonyl (C=O) groups excluding carboxylic acids is 2. The molecule has 0 aliphatic heterocycles. The van der Waals surface area contributed by atoms with Crippen LogP contribution in [0.2, 0.25) is 5.28 Å². The van der Waals surface area contributed by atoms with Gasteiger partial charge in [-0.1, -0.05) is 18.2 Å². The van der Waals surface area contributed by atoms with Crippen molar-refractivity contribution in [3.63, 3.8) is 0 Å². The number of anilines is 1. The second-order valence-electron chi connectivity index (χ2n) is 11.2. The zero-order chi connectivity index (χ0) is 25.9. The van der Waals surface area contributed by atoms with Crippen molar-refractivity contribution in [3.05, 3.63) is 58.4 Å². The zero-order valence-corrected chi connectivity index (χ0v) is 22.1. The van der Waals surface area contributed by atoms with Crippen LogP contribution in [0.3, 0.4) is 0 Å². The molecule has 4 fully saturated rings. The van der Waals surface area contributed by atoms with E-state index in [2.05, 4.69) is 15.4 Å². The fourth-order valence-electron chi connectivity index (χ4n) is 7.63. The Kier molecular flexibility index (Phi) is 5.67. The molecule has 37 heavy (non-hydrogen) atoms. The van der Waals surface area contributed by atoms with Crippen LogP contribution in [0.1, 0.15) is 65.8 Å². The van der Waals surface area contributed by atoms with E-state index in [9.17, 15) is 9.59 Å². The third-order valence-electron chi connectivity index (χ3n) is 8.82. The molecule has 4 saturated carbocycles. The first-order valence-corrected chi connectivity index (χ1v) is 13.2. The van der Waals surface area contributed by atoms with E-state index >= 15 is 0 Å². The van der Waals surface area contributed by atoms with Crippen molar-refractivity contribution in [1.29, 1.82) is 0 Å². The number of halogens is 1. The molecule has 0 radical (unpaired) electrons. The maximum Gasteiger partial charge on any atom is 0.338 e. The summed E-state index contributed by atoms with van der Waals surface area (Å²) in [7, 11) is 1.38. The third-order valence-corrected chi connectivity index (χ3v) is 9.00. The molecule has 4 aliphatic rings. The minimum Gasteiger partial charge on any atom is -0.465 e. The summed E-state index contributed by atoms with van der Waals surface area (Å²) in [4.78, 5) is 30.4. The van der Waals surface area contributed by atoms with Crippen LogP contribution in [0.5, 0.6) is 0 Å². The molecule has 0 spiro atoms. The summed E-state index contributed by atoms with van der Waals surface area (Å²) in [6.07, 6.45) is 7.50. The van der Waals surface area contributed by atoms with Gasteiger partial charge in [0.2, 0.25) is 11.2 Å². The Bertz CT molecular complexity index is 1380. The van der Waals surface area contributed by atoms with E-state index in [1.54, 1.807) is 12.4 Å². The predicted molar refractivity (Wildman–Crippen MR) is 137 cm³/mol. The van der Waals surface area contributed by atoms with Crippen molar-refractivity contribution in [2.24, 2.45) is 17.3 Å². The fraction of sp³-hybridized carbons (Fsp3) is 0.519. The van der Waals surface area contributed by atoms with Crippen molar-refractivity contribution in [1.82, 2.24) is 24.5 Å². The largest absolute Gasteiger partial charge is 0.465 e.